The smallest absolute Gasteiger partial charge is 0.230 e. The molecule has 0 radical (unpaired) electrons. The van der Waals surface area contributed by atoms with Crippen molar-refractivity contribution in [3.8, 4) is 6.07 Å². The number of hydrogen-bond acceptors (Lipinski definition) is 2. The first-order valence-electron chi connectivity index (χ1n) is 7.04. The lowest BCUT2D eigenvalue weighted by Crippen LogP contribution is -2.33. The summed E-state index contributed by atoms with van der Waals surface area (Å²) in [6.07, 6.45) is 1.57. The average molecular weight is 276 g/mol. The van der Waals surface area contributed by atoms with Gasteiger partial charge in [-0.15, -0.1) is 0 Å². The summed E-state index contributed by atoms with van der Waals surface area (Å²) in [6.45, 7) is 0. The SMILES string of the molecule is CN(C(=O)C1Cc2ccccc2C1)c1ccccc1C#N. The number of hydrogen-bond donors (Lipinski definition) is 0. The van der Waals surface area contributed by atoms with Crippen molar-refractivity contribution in [3.63, 3.8) is 0 Å². The van der Waals surface area contributed by atoms with Crippen LogP contribution < -0.4 is 4.90 Å². The molecule has 3 nitrogen and oxygen atoms in total. The van der Waals surface area contributed by atoms with E-state index in [4.69, 9.17) is 5.26 Å². The molecule has 2 aromatic rings. The molecular weight excluding hydrogens is 260 g/mol. The van der Waals surface area contributed by atoms with Crippen LogP contribution in [0.1, 0.15) is 16.7 Å². The highest BCUT2D eigenvalue weighted by Crippen LogP contribution is 2.29. The van der Waals surface area contributed by atoms with Crippen LogP contribution in [0.25, 0.3) is 0 Å². The molecule has 104 valence electrons. The molecule has 0 fully saturated rings. The number of benzene rings is 2. The number of fused-ring (bicyclic) bond motifs is 1. The summed E-state index contributed by atoms with van der Waals surface area (Å²) in [7, 11) is 1.75. The van der Waals surface area contributed by atoms with Crippen LogP contribution in [0.4, 0.5) is 5.69 Å². The molecule has 0 spiro atoms. The van der Waals surface area contributed by atoms with Gasteiger partial charge in [0.2, 0.25) is 5.91 Å². The maximum absolute atomic E-state index is 12.7. The Labute approximate surface area is 124 Å². The summed E-state index contributed by atoms with van der Waals surface area (Å²) in [4.78, 5) is 14.3. The van der Waals surface area contributed by atoms with E-state index in [2.05, 4.69) is 18.2 Å². The molecule has 0 unspecified atom stereocenters. The minimum atomic E-state index is -0.0286. The molecular formula is C18H16N2O. The van der Waals surface area contributed by atoms with Gasteiger partial charge >= 0.3 is 0 Å². The molecule has 3 rings (SSSR count). The normalized spacial score (nSPS) is 13.5. The van der Waals surface area contributed by atoms with Gasteiger partial charge in [-0.25, -0.2) is 0 Å². The van der Waals surface area contributed by atoms with Gasteiger partial charge in [0.1, 0.15) is 6.07 Å². The van der Waals surface area contributed by atoms with E-state index < -0.39 is 0 Å². The van der Waals surface area contributed by atoms with Crippen molar-refractivity contribution in [2.24, 2.45) is 5.92 Å². The third-order valence-corrected chi connectivity index (χ3v) is 4.12. The predicted molar refractivity (Wildman–Crippen MR) is 81.9 cm³/mol. The summed E-state index contributed by atoms with van der Waals surface area (Å²) in [5.74, 6) is 0.0491. The van der Waals surface area contributed by atoms with Crippen LogP contribution in [-0.4, -0.2) is 13.0 Å². The van der Waals surface area contributed by atoms with Crippen LogP contribution in [0.15, 0.2) is 48.5 Å². The highest BCUT2D eigenvalue weighted by molar-refractivity contribution is 5.96. The van der Waals surface area contributed by atoms with Crippen LogP contribution in [0, 0.1) is 17.2 Å². The first-order chi connectivity index (χ1) is 10.2. The molecule has 0 aromatic heterocycles. The Bertz CT molecular complexity index is 705. The molecule has 0 N–H and O–H groups in total. The van der Waals surface area contributed by atoms with Crippen LogP contribution in [0.5, 0.6) is 0 Å². The quantitative estimate of drug-likeness (QED) is 0.846. The summed E-state index contributed by atoms with van der Waals surface area (Å²) < 4.78 is 0. The predicted octanol–water partition coefficient (Wildman–Crippen LogP) is 2.94. The van der Waals surface area contributed by atoms with E-state index in [1.54, 1.807) is 18.0 Å². The van der Waals surface area contributed by atoms with Crippen molar-refractivity contribution in [3.05, 3.63) is 65.2 Å². The topological polar surface area (TPSA) is 44.1 Å². The van der Waals surface area contributed by atoms with Crippen molar-refractivity contribution in [1.82, 2.24) is 0 Å². The molecule has 1 aliphatic rings. The lowest BCUT2D eigenvalue weighted by molar-refractivity contribution is -0.121. The molecule has 21 heavy (non-hydrogen) atoms. The lowest BCUT2D eigenvalue weighted by atomic mass is 10.0. The van der Waals surface area contributed by atoms with E-state index in [9.17, 15) is 4.79 Å². The van der Waals surface area contributed by atoms with Crippen LogP contribution >= 0.6 is 0 Å². The average Bonchev–Trinajstić information content (AvgIpc) is 2.97. The monoisotopic (exact) mass is 276 g/mol. The summed E-state index contributed by atoms with van der Waals surface area (Å²) in [6, 6.07) is 17.6. The maximum atomic E-state index is 12.7. The fourth-order valence-corrected chi connectivity index (χ4v) is 2.99. The number of rotatable bonds is 2. The second-order valence-corrected chi connectivity index (χ2v) is 5.40. The number of para-hydroxylation sites is 1. The van der Waals surface area contributed by atoms with E-state index >= 15 is 0 Å². The van der Waals surface area contributed by atoms with E-state index in [0.717, 1.165) is 12.8 Å². The zero-order valence-corrected chi connectivity index (χ0v) is 11.9. The molecule has 2 aromatic carbocycles. The number of anilines is 1. The number of carbonyl (C=O) groups is 1. The minimum absolute atomic E-state index is 0.0286. The number of amides is 1. The van der Waals surface area contributed by atoms with Gasteiger partial charge in [-0.05, 0) is 36.1 Å². The van der Waals surface area contributed by atoms with Gasteiger partial charge in [0, 0.05) is 13.0 Å². The molecule has 0 aliphatic heterocycles. The van der Waals surface area contributed by atoms with Crippen molar-refractivity contribution in [2.75, 3.05) is 11.9 Å². The highest BCUT2D eigenvalue weighted by Gasteiger charge is 2.30. The van der Waals surface area contributed by atoms with Crippen LogP contribution in [-0.2, 0) is 17.6 Å². The minimum Gasteiger partial charge on any atom is -0.314 e. The van der Waals surface area contributed by atoms with Gasteiger partial charge in [-0.2, -0.15) is 5.26 Å². The standard InChI is InChI=1S/C18H16N2O/c1-20(17-9-5-4-8-15(17)12-19)18(21)16-10-13-6-2-3-7-14(13)11-16/h2-9,16H,10-11H2,1H3. The summed E-state index contributed by atoms with van der Waals surface area (Å²) in [5, 5.41) is 9.17. The molecule has 0 saturated heterocycles. The molecule has 0 atom stereocenters. The zero-order chi connectivity index (χ0) is 14.8. The Kier molecular flexibility index (Phi) is 3.45. The Morgan fingerprint density at radius 3 is 2.29 bits per heavy atom. The van der Waals surface area contributed by atoms with Crippen molar-refractivity contribution in [1.29, 1.82) is 5.26 Å². The third kappa shape index (κ3) is 2.41. The van der Waals surface area contributed by atoms with E-state index in [1.807, 2.05) is 30.3 Å². The van der Waals surface area contributed by atoms with Crippen molar-refractivity contribution >= 4 is 11.6 Å². The van der Waals surface area contributed by atoms with Gasteiger partial charge < -0.3 is 4.90 Å². The molecule has 0 heterocycles. The largest absolute Gasteiger partial charge is 0.314 e. The third-order valence-electron chi connectivity index (χ3n) is 4.12. The Morgan fingerprint density at radius 2 is 1.67 bits per heavy atom. The van der Waals surface area contributed by atoms with Crippen LogP contribution in [0.2, 0.25) is 0 Å². The number of carbonyl (C=O) groups excluding carboxylic acids is 1. The van der Waals surface area contributed by atoms with Crippen molar-refractivity contribution < 1.29 is 4.79 Å². The first-order valence-corrected chi connectivity index (χ1v) is 7.04. The van der Waals surface area contributed by atoms with Crippen LogP contribution in [0.3, 0.4) is 0 Å². The molecule has 0 bridgehead atoms. The molecule has 1 amide bonds. The van der Waals surface area contributed by atoms with Gasteiger partial charge in [-0.3, -0.25) is 4.79 Å². The Balaban J connectivity index is 1.82. The summed E-state index contributed by atoms with van der Waals surface area (Å²) >= 11 is 0. The lowest BCUT2D eigenvalue weighted by Gasteiger charge is -2.22. The van der Waals surface area contributed by atoms with Gasteiger partial charge in [-0.1, -0.05) is 36.4 Å². The van der Waals surface area contributed by atoms with Gasteiger partial charge in [0.15, 0.2) is 0 Å². The van der Waals surface area contributed by atoms with Crippen molar-refractivity contribution in [2.45, 2.75) is 12.8 Å². The number of nitrogens with zero attached hydrogens (tertiary/aromatic N) is 2. The van der Waals surface area contributed by atoms with E-state index in [-0.39, 0.29) is 11.8 Å². The number of nitriles is 1. The van der Waals surface area contributed by atoms with E-state index in [1.165, 1.54) is 11.1 Å². The van der Waals surface area contributed by atoms with E-state index in [0.29, 0.717) is 11.3 Å². The molecule has 0 saturated carbocycles. The molecule has 1 aliphatic carbocycles. The Morgan fingerprint density at radius 1 is 1.10 bits per heavy atom. The zero-order valence-electron chi connectivity index (χ0n) is 11.9. The molecule has 3 heteroatoms. The first kappa shape index (κ1) is 13.4. The van der Waals surface area contributed by atoms with Gasteiger partial charge in [0.25, 0.3) is 0 Å². The summed E-state index contributed by atoms with van der Waals surface area (Å²) in [5.41, 5.74) is 3.74. The Hall–Kier alpha value is -2.60. The highest BCUT2D eigenvalue weighted by atomic mass is 16.2. The fraction of sp³-hybridized carbons (Fsp3) is 0.222. The van der Waals surface area contributed by atoms with Gasteiger partial charge in [0.05, 0.1) is 11.3 Å². The second-order valence-electron chi connectivity index (χ2n) is 5.40. The second kappa shape index (κ2) is 5.41. The fourth-order valence-electron chi connectivity index (χ4n) is 2.99. The maximum Gasteiger partial charge on any atom is 0.230 e.